The molecule has 2 N–H and O–H groups in total. The average molecular weight is 264 g/mol. The maximum atomic E-state index is 4.08. The Morgan fingerprint density at radius 3 is 2.58 bits per heavy atom. The highest BCUT2D eigenvalue weighted by atomic mass is 15.0. The molecule has 2 aliphatic carbocycles. The Kier molecular flexibility index (Phi) is 4.81. The Morgan fingerprint density at radius 2 is 1.79 bits per heavy atom. The van der Waals surface area contributed by atoms with Crippen molar-refractivity contribution >= 4 is 0 Å². The predicted molar refractivity (Wildman–Crippen MR) is 81.3 cm³/mol. The molecule has 5 unspecified atom stereocenters. The van der Waals surface area contributed by atoms with Crippen LogP contribution < -0.4 is 10.6 Å². The van der Waals surface area contributed by atoms with Gasteiger partial charge in [0.15, 0.2) is 0 Å². The molecule has 110 valence electrons. The van der Waals surface area contributed by atoms with Gasteiger partial charge in [-0.05, 0) is 56.9 Å². The van der Waals surface area contributed by atoms with Gasteiger partial charge in [-0.2, -0.15) is 0 Å². The van der Waals surface area contributed by atoms with E-state index in [2.05, 4.69) is 17.6 Å². The van der Waals surface area contributed by atoms with Crippen LogP contribution in [0, 0.1) is 11.8 Å². The molecule has 3 aliphatic rings. The van der Waals surface area contributed by atoms with E-state index in [1.54, 1.807) is 0 Å². The summed E-state index contributed by atoms with van der Waals surface area (Å²) in [6.45, 7) is 3.69. The van der Waals surface area contributed by atoms with E-state index in [-0.39, 0.29) is 0 Å². The highest BCUT2D eigenvalue weighted by Crippen LogP contribution is 2.32. The molecule has 5 atom stereocenters. The van der Waals surface area contributed by atoms with Crippen LogP contribution in [0.2, 0.25) is 0 Å². The molecular weight excluding hydrogens is 232 g/mol. The van der Waals surface area contributed by atoms with Crippen LogP contribution in [0.25, 0.3) is 0 Å². The largest absolute Gasteiger partial charge is 0.314 e. The first-order valence-electron chi connectivity index (χ1n) is 8.82. The van der Waals surface area contributed by atoms with E-state index in [1.807, 2.05) is 0 Å². The Balaban J connectivity index is 1.56. The summed E-state index contributed by atoms with van der Waals surface area (Å²) in [4.78, 5) is 0. The second-order valence-electron chi connectivity index (χ2n) is 7.39. The zero-order valence-electron chi connectivity index (χ0n) is 12.7. The molecule has 2 saturated carbocycles. The molecule has 0 aromatic rings. The van der Waals surface area contributed by atoms with Crippen LogP contribution in [0.1, 0.15) is 71.1 Å². The monoisotopic (exact) mass is 264 g/mol. The van der Waals surface area contributed by atoms with E-state index in [0.29, 0.717) is 0 Å². The molecule has 1 saturated heterocycles. The predicted octanol–water partition coefficient (Wildman–Crippen LogP) is 3.47. The smallest absolute Gasteiger partial charge is 0.0113 e. The number of hydrogen-bond donors (Lipinski definition) is 2. The molecular formula is C17H32N2. The van der Waals surface area contributed by atoms with Gasteiger partial charge in [-0.3, -0.25) is 0 Å². The van der Waals surface area contributed by atoms with Gasteiger partial charge in [-0.1, -0.05) is 32.6 Å². The highest BCUT2D eigenvalue weighted by molar-refractivity contribution is 4.93. The zero-order valence-corrected chi connectivity index (χ0v) is 12.7. The van der Waals surface area contributed by atoms with Gasteiger partial charge < -0.3 is 10.6 Å². The number of hydrogen-bond acceptors (Lipinski definition) is 2. The fraction of sp³-hybridized carbons (Fsp3) is 1.00. The molecule has 1 aliphatic heterocycles. The lowest BCUT2D eigenvalue weighted by Gasteiger charge is -2.40. The summed E-state index contributed by atoms with van der Waals surface area (Å²) in [5.41, 5.74) is 0. The summed E-state index contributed by atoms with van der Waals surface area (Å²) in [6, 6.07) is 2.44. The lowest BCUT2D eigenvalue weighted by molar-refractivity contribution is 0.178. The minimum Gasteiger partial charge on any atom is -0.314 e. The maximum Gasteiger partial charge on any atom is 0.0113 e. The molecule has 0 bridgehead atoms. The van der Waals surface area contributed by atoms with Crippen LogP contribution in [-0.2, 0) is 0 Å². The van der Waals surface area contributed by atoms with Crippen molar-refractivity contribution in [1.29, 1.82) is 0 Å². The molecule has 0 aromatic heterocycles. The molecule has 0 aromatic carbocycles. The van der Waals surface area contributed by atoms with Gasteiger partial charge in [-0.15, -0.1) is 0 Å². The van der Waals surface area contributed by atoms with Gasteiger partial charge in [0.05, 0.1) is 0 Å². The van der Waals surface area contributed by atoms with Crippen molar-refractivity contribution in [1.82, 2.24) is 10.6 Å². The van der Waals surface area contributed by atoms with Crippen molar-refractivity contribution in [2.24, 2.45) is 11.8 Å². The SMILES string of the molecule is CC1CCCC(NC2CCCCC2C2CCCN2)C1. The van der Waals surface area contributed by atoms with E-state index in [0.717, 1.165) is 30.0 Å². The van der Waals surface area contributed by atoms with E-state index in [9.17, 15) is 0 Å². The van der Waals surface area contributed by atoms with Gasteiger partial charge in [0.1, 0.15) is 0 Å². The van der Waals surface area contributed by atoms with E-state index >= 15 is 0 Å². The van der Waals surface area contributed by atoms with E-state index in [1.165, 1.54) is 70.8 Å². The average Bonchev–Trinajstić information content (AvgIpc) is 2.93. The minimum atomic E-state index is 0.805. The van der Waals surface area contributed by atoms with E-state index in [4.69, 9.17) is 0 Å². The van der Waals surface area contributed by atoms with Gasteiger partial charge >= 0.3 is 0 Å². The second-order valence-corrected chi connectivity index (χ2v) is 7.39. The first kappa shape index (κ1) is 13.9. The van der Waals surface area contributed by atoms with Gasteiger partial charge in [0, 0.05) is 18.1 Å². The van der Waals surface area contributed by atoms with Crippen LogP contribution in [0.4, 0.5) is 0 Å². The third-order valence-electron chi connectivity index (χ3n) is 5.82. The third kappa shape index (κ3) is 3.52. The summed E-state index contributed by atoms with van der Waals surface area (Å²) in [6.07, 6.45) is 14.3. The second kappa shape index (κ2) is 6.58. The van der Waals surface area contributed by atoms with Gasteiger partial charge in [0.25, 0.3) is 0 Å². The van der Waals surface area contributed by atoms with Crippen LogP contribution in [-0.4, -0.2) is 24.7 Å². The van der Waals surface area contributed by atoms with Gasteiger partial charge in [0.2, 0.25) is 0 Å². The van der Waals surface area contributed by atoms with Crippen molar-refractivity contribution in [3.8, 4) is 0 Å². The molecule has 3 rings (SSSR count). The normalized spacial score (nSPS) is 44.4. The molecule has 2 heteroatoms. The fourth-order valence-electron chi connectivity index (χ4n) is 4.81. The van der Waals surface area contributed by atoms with Crippen LogP contribution in [0.5, 0.6) is 0 Å². The first-order chi connectivity index (χ1) is 9.33. The molecule has 0 amide bonds. The van der Waals surface area contributed by atoms with E-state index < -0.39 is 0 Å². The van der Waals surface area contributed by atoms with Crippen molar-refractivity contribution in [2.75, 3.05) is 6.54 Å². The lowest BCUT2D eigenvalue weighted by Crippen LogP contribution is -2.51. The first-order valence-corrected chi connectivity index (χ1v) is 8.82. The van der Waals surface area contributed by atoms with Crippen molar-refractivity contribution in [3.63, 3.8) is 0 Å². The van der Waals surface area contributed by atoms with Gasteiger partial charge in [-0.25, -0.2) is 0 Å². The number of rotatable bonds is 3. The molecule has 2 nitrogen and oxygen atoms in total. The molecule has 1 heterocycles. The summed E-state index contributed by atoms with van der Waals surface area (Å²) in [7, 11) is 0. The Labute approximate surface area is 119 Å². The molecule has 19 heavy (non-hydrogen) atoms. The highest BCUT2D eigenvalue weighted by Gasteiger charge is 2.34. The standard InChI is InChI=1S/C17H32N2/c1-13-6-4-7-14(12-13)19-17-9-3-2-8-15(17)16-10-5-11-18-16/h13-19H,2-12H2,1H3. The molecule has 0 radical (unpaired) electrons. The topological polar surface area (TPSA) is 24.1 Å². The summed E-state index contributed by atoms with van der Waals surface area (Å²) < 4.78 is 0. The Morgan fingerprint density at radius 1 is 0.895 bits per heavy atom. The molecule has 0 spiro atoms. The van der Waals surface area contributed by atoms with Crippen molar-refractivity contribution in [3.05, 3.63) is 0 Å². The summed E-state index contributed by atoms with van der Waals surface area (Å²) >= 11 is 0. The van der Waals surface area contributed by atoms with Crippen molar-refractivity contribution < 1.29 is 0 Å². The quantitative estimate of drug-likeness (QED) is 0.815. The maximum absolute atomic E-state index is 4.08. The fourth-order valence-corrected chi connectivity index (χ4v) is 4.81. The van der Waals surface area contributed by atoms with Crippen molar-refractivity contribution in [2.45, 2.75) is 89.3 Å². The Bertz CT molecular complexity index is 272. The molecule has 3 fully saturated rings. The van der Waals surface area contributed by atoms with Crippen LogP contribution in [0.3, 0.4) is 0 Å². The van der Waals surface area contributed by atoms with Crippen LogP contribution in [0.15, 0.2) is 0 Å². The Hall–Kier alpha value is -0.0800. The lowest BCUT2D eigenvalue weighted by atomic mass is 9.78. The zero-order chi connectivity index (χ0) is 13.1. The minimum absolute atomic E-state index is 0.805. The third-order valence-corrected chi connectivity index (χ3v) is 5.82. The number of nitrogens with one attached hydrogen (secondary N) is 2. The summed E-state index contributed by atoms with van der Waals surface area (Å²) in [5, 5.41) is 7.84. The van der Waals surface area contributed by atoms with Crippen LogP contribution >= 0.6 is 0 Å². The summed E-state index contributed by atoms with van der Waals surface area (Å²) in [5.74, 6) is 1.85.